The topological polar surface area (TPSA) is 67.4 Å². The fraction of sp³-hybridized carbons (Fsp3) is 0.733. The Balaban J connectivity index is 3.81. The van der Waals surface area contributed by atoms with Crippen molar-refractivity contribution in [1.82, 2.24) is 10.6 Å². The van der Waals surface area contributed by atoms with Gasteiger partial charge in [-0.05, 0) is 34.1 Å². The number of hydrogen-bond donors (Lipinski definition) is 2. The maximum atomic E-state index is 11.7. The van der Waals surface area contributed by atoms with Gasteiger partial charge in [-0.2, -0.15) is 0 Å². The molecule has 0 heterocycles. The molecule has 0 bridgehead atoms. The summed E-state index contributed by atoms with van der Waals surface area (Å²) in [5.41, 5.74) is 0.312. The molecule has 0 saturated carbocycles. The fourth-order valence-corrected chi connectivity index (χ4v) is 1.54. The summed E-state index contributed by atoms with van der Waals surface area (Å²) in [5.74, 6) is 0.183. The molecular formula is C15H28N2O3. The Kier molecular flexibility index (Phi) is 8.88. The summed E-state index contributed by atoms with van der Waals surface area (Å²) >= 11 is 0. The lowest BCUT2D eigenvalue weighted by Gasteiger charge is -2.19. The molecule has 0 saturated heterocycles. The maximum absolute atomic E-state index is 11.7. The lowest BCUT2D eigenvalue weighted by molar-refractivity contribution is -0.115. The van der Waals surface area contributed by atoms with Crippen molar-refractivity contribution >= 4 is 11.9 Å². The number of alkyl carbamates (subject to hydrolysis) is 1. The fourth-order valence-electron chi connectivity index (χ4n) is 1.54. The standard InChI is InChI=1S/C15H28N2O3/c1-6-8-13(18)12(7-2)11-16-9-10-17-14(19)20-15(3,4)5/h7,16H,6,8-11H2,1-5H3,(H,17,19)/b12-7-. The molecule has 2 N–H and O–H groups in total. The quantitative estimate of drug-likeness (QED) is 0.530. The van der Waals surface area contributed by atoms with Crippen LogP contribution >= 0.6 is 0 Å². The molecule has 0 aliphatic rings. The second-order valence-electron chi connectivity index (χ2n) is 5.59. The minimum absolute atomic E-state index is 0.183. The van der Waals surface area contributed by atoms with Crippen molar-refractivity contribution in [1.29, 1.82) is 0 Å². The van der Waals surface area contributed by atoms with Crippen LogP contribution < -0.4 is 10.6 Å². The van der Waals surface area contributed by atoms with E-state index in [9.17, 15) is 9.59 Å². The number of ketones is 1. The smallest absolute Gasteiger partial charge is 0.407 e. The van der Waals surface area contributed by atoms with Gasteiger partial charge in [-0.1, -0.05) is 13.0 Å². The molecule has 0 aromatic carbocycles. The van der Waals surface area contributed by atoms with Gasteiger partial charge >= 0.3 is 6.09 Å². The van der Waals surface area contributed by atoms with Crippen LogP contribution in [0, 0.1) is 0 Å². The summed E-state index contributed by atoms with van der Waals surface area (Å²) in [7, 11) is 0. The molecule has 0 aliphatic heterocycles. The number of ether oxygens (including phenoxy) is 1. The van der Waals surface area contributed by atoms with Gasteiger partial charge in [0.2, 0.25) is 0 Å². The summed E-state index contributed by atoms with van der Waals surface area (Å²) in [4.78, 5) is 23.1. The summed E-state index contributed by atoms with van der Waals surface area (Å²) in [6, 6.07) is 0. The number of hydrogen-bond acceptors (Lipinski definition) is 4. The monoisotopic (exact) mass is 284 g/mol. The Morgan fingerprint density at radius 1 is 1.20 bits per heavy atom. The molecule has 0 spiro atoms. The van der Waals surface area contributed by atoms with E-state index in [0.717, 1.165) is 12.0 Å². The average molecular weight is 284 g/mol. The van der Waals surface area contributed by atoms with Crippen LogP contribution in [0.1, 0.15) is 47.5 Å². The predicted octanol–water partition coefficient (Wildman–Crippen LogP) is 2.42. The Morgan fingerprint density at radius 2 is 1.85 bits per heavy atom. The summed E-state index contributed by atoms with van der Waals surface area (Å²) in [6.45, 7) is 10.9. The van der Waals surface area contributed by atoms with Crippen molar-refractivity contribution in [3.05, 3.63) is 11.6 Å². The largest absolute Gasteiger partial charge is 0.444 e. The molecule has 5 heteroatoms. The number of amides is 1. The van der Waals surface area contributed by atoms with Gasteiger partial charge in [0.05, 0.1) is 0 Å². The van der Waals surface area contributed by atoms with Gasteiger partial charge in [0.15, 0.2) is 5.78 Å². The molecular weight excluding hydrogens is 256 g/mol. The molecule has 0 aromatic rings. The molecule has 0 rings (SSSR count). The van der Waals surface area contributed by atoms with E-state index in [1.807, 2.05) is 40.7 Å². The third-order valence-electron chi connectivity index (χ3n) is 2.47. The minimum Gasteiger partial charge on any atom is -0.444 e. The van der Waals surface area contributed by atoms with Gasteiger partial charge in [0.25, 0.3) is 0 Å². The van der Waals surface area contributed by atoms with Crippen LogP contribution in [0.3, 0.4) is 0 Å². The van der Waals surface area contributed by atoms with Crippen LogP contribution in [0.2, 0.25) is 0 Å². The van der Waals surface area contributed by atoms with Crippen molar-refractivity contribution in [2.75, 3.05) is 19.6 Å². The first-order valence-electron chi connectivity index (χ1n) is 7.16. The first-order valence-corrected chi connectivity index (χ1v) is 7.16. The zero-order valence-electron chi connectivity index (χ0n) is 13.3. The molecule has 0 aliphatic carbocycles. The molecule has 0 unspecified atom stereocenters. The second kappa shape index (κ2) is 9.53. The minimum atomic E-state index is -0.484. The highest BCUT2D eigenvalue weighted by Crippen LogP contribution is 2.06. The van der Waals surface area contributed by atoms with Crippen LogP contribution in [0.4, 0.5) is 4.79 Å². The molecule has 5 nitrogen and oxygen atoms in total. The lowest BCUT2D eigenvalue weighted by Crippen LogP contribution is -2.37. The lowest BCUT2D eigenvalue weighted by atomic mass is 10.1. The highest BCUT2D eigenvalue weighted by Gasteiger charge is 2.15. The van der Waals surface area contributed by atoms with E-state index < -0.39 is 11.7 Å². The summed E-state index contributed by atoms with van der Waals surface area (Å²) in [6.07, 6.45) is 2.85. The van der Waals surface area contributed by atoms with Crippen LogP contribution in [0.5, 0.6) is 0 Å². The van der Waals surface area contributed by atoms with Crippen molar-refractivity contribution < 1.29 is 14.3 Å². The molecule has 1 amide bonds. The normalized spacial score (nSPS) is 12.2. The van der Waals surface area contributed by atoms with E-state index in [1.165, 1.54) is 0 Å². The van der Waals surface area contributed by atoms with Crippen LogP contribution in [0.25, 0.3) is 0 Å². The summed E-state index contributed by atoms with van der Waals surface area (Å²) in [5, 5.41) is 5.79. The van der Waals surface area contributed by atoms with Gasteiger partial charge < -0.3 is 15.4 Å². The van der Waals surface area contributed by atoms with Crippen LogP contribution in [-0.4, -0.2) is 37.1 Å². The van der Waals surface area contributed by atoms with E-state index in [2.05, 4.69) is 10.6 Å². The van der Waals surface area contributed by atoms with E-state index in [4.69, 9.17) is 4.74 Å². The Morgan fingerprint density at radius 3 is 2.35 bits per heavy atom. The van der Waals surface area contributed by atoms with Gasteiger partial charge in [0, 0.05) is 31.6 Å². The third kappa shape index (κ3) is 9.55. The number of allylic oxidation sites excluding steroid dienone is 1. The van der Waals surface area contributed by atoms with E-state index in [0.29, 0.717) is 26.1 Å². The van der Waals surface area contributed by atoms with Gasteiger partial charge in [-0.3, -0.25) is 4.79 Å². The van der Waals surface area contributed by atoms with Gasteiger partial charge in [-0.25, -0.2) is 4.79 Å². The van der Waals surface area contributed by atoms with Crippen molar-refractivity contribution in [2.24, 2.45) is 0 Å². The SMILES string of the molecule is C/C=C(/CNCCNC(=O)OC(C)(C)C)C(=O)CCC. The number of rotatable bonds is 8. The van der Waals surface area contributed by atoms with Crippen LogP contribution in [-0.2, 0) is 9.53 Å². The molecule has 116 valence electrons. The molecule has 0 aromatic heterocycles. The highest BCUT2D eigenvalue weighted by atomic mass is 16.6. The summed E-state index contributed by atoms with van der Waals surface area (Å²) < 4.78 is 5.11. The van der Waals surface area contributed by atoms with Gasteiger partial charge in [-0.15, -0.1) is 0 Å². The van der Waals surface area contributed by atoms with Crippen molar-refractivity contribution in [2.45, 2.75) is 53.1 Å². The number of nitrogens with one attached hydrogen (secondary N) is 2. The predicted molar refractivity (Wildman–Crippen MR) is 80.8 cm³/mol. The van der Waals surface area contributed by atoms with Crippen LogP contribution in [0.15, 0.2) is 11.6 Å². The highest BCUT2D eigenvalue weighted by molar-refractivity contribution is 5.95. The zero-order chi connectivity index (χ0) is 15.6. The first kappa shape index (κ1) is 18.6. The van der Waals surface area contributed by atoms with E-state index in [-0.39, 0.29) is 5.78 Å². The third-order valence-corrected chi connectivity index (χ3v) is 2.47. The average Bonchev–Trinajstić information content (AvgIpc) is 2.31. The van der Waals surface area contributed by atoms with Gasteiger partial charge in [0.1, 0.15) is 5.60 Å². The number of carbonyl (C=O) groups is 2. The molecule has 0 radical (unpaired) electrons. The van der Waals surface area contributed by atoms with Crippen molar-refractivity contribution in [3.63, 3.8) is 0 Å². The number of Topliss-reactive ketones (excluding diaryl/α,β-unsaturated/α-hetero) is 1. The van der Waals surface area contributed by atoms with Crippen molar-refractivity contribution in [3.8, 4) is 0 Å². The second-order valence-corrected chi connectivity index (χ2v) is 5.59. The van der Waals surface area contributed by atoms with E-state index >= 15 is 0 Å². The number of carbonyl (C=O) groups excluding carboxylic acids is 2. The molecule has 0 atom stereocenters. The molecule has 0 fully saturated rings. The Hall–Kier alpha value is -1.36. The molecule has 20 heavy (non-hydrogen) atoms. The van der Waals surface area contributed by atoms with E-state index in [1.54, 1.807) is 0 Å². The first-order chi connectivity index (χ1) is 9.30. The zero-order valence-corrected chi connectivity index (χ0v) is 13.3. The Bertz CT molecular complexity index is 344. The maximum Gasteiger partial charge on any atom is 0.407 e. The Labute approximate surface area is 122 Å².